The van der Waals surface area contributed by atoms with Crippen LogP contribution in [0, 0.1) is 6.92 Å². The van der Waals surface area contributed by atoms with E-state index in [4.69, 9.17) is 9.47 Å². The number of benzene rings is 2. The van der Waals surface area contributed by atoms with Crippen molar-refractivity contribution in [3.05, 3.63) is 59.7 Å². The molecule has 0 N–H and O–H groups in total. The van der Waals surface area contributed by atoms with Crippen LogP contribution in [0.3, 0.4) is 0 Å². The van der Waals surface area contributed by atoms with Crippen molar-refractivity contribution in [1.82, 2.24) is 4.31 Å². The summed E-state index contributed by atoms with van der Waals surface area (Å²) in [5, 5.41) is 0. The molecule has 0 aromatic heterocycles. The minimum atomic E-state index is -3.71. The van der Waals surface area contributed by atoms with Crippen molar-refractivity contribution in [3.63, 3.8) is 0 Å². The zero-order valence-electron chi connectivity index (χ0n) is 16.0. The van der Waals surface area contributed by atoms with Crippen molar-refractivity contribution < 1.29 is 22.7 Å². The van der Waals surface area contributed by atoms with Gasteiger partial charge in [0.1, 0.15) is 19.0 Å². The number of hydrogen-bond acceptors (Lipinski definition) is 5. The Hall–Kier alpha value is -2.38. The Morgan fingerprint density at radius 1 is 1.00 bits per heavy atom. The Bertz CT molecular complexity index is 920. The number of carbonyl (C=O) groups excluding carboxylic acids is 1. The maximum absolute atomic E-state index is 13.0. The van der Waals surface area contributed by atoms with Gasteiger partial charge in [-0.1, -0.05) is 30.7 Å². The van der Waals surface area contributed by atoms with E-state index >= 15 is 0 Å². The molecular formula is C21H25NO5S. The Balaban J connectivity index is 1.64. The summed E-state index contributed by atoms with van der Waals surface area (Å²) in [6.45, 7) is 3.15. The molecule has 1 aliphatic heterocycles. The van der Waals surface area contributed by atoms with E-state index in [-0.39, 0.29) is 23.7 Å². The number of ether oxygens (including phenoxy) is 2. The van der Waals surface area contributed by atoms with Crippen molar-refractivity contribution in [3.8, 4) is 5.75 Å². The Morgan fingerprint density at radius 3 is 2.50 bits per heavy atom. The fourth-order valence-corrected chi connectivity index (χ4v) is 4.88. The first-order chi connectivity index (χ1) is 13.5. The van der Waals surface area contributed by atoms with Gasteiger partial charge in [-0.25, -0.2) is 13.2 Å². The number of esters is 1. The first kappa shape index (κ1) is 20.4. The number of nitrogens with zero attached hydrogens (tertiary/aromatic N) is 1. The lowest BCUT2D eigenvalue weighted by Gasteiger charge is -2.26. The minimum Gasteiger partial charge on any atom is -0.490 e. The molecule has 0 radical (unpaired) electrons. The van der Waals surface area contributed by atoms with Crippen LogP contribution >= 0.6 is 0 Å². The van der Waals surface area contributed by atoms with E-state index in [0.717, 1.165) is 24.8 Å². The van der Waals surface area contributed by atoms with E-state index in [2.05, 4.69) is 0 Å². The van der Waals surface area contributed by atoms with E-state index < -0.39 is 16.0 Å². The molecule has 0 aliphatic carbocycles. The highest BCUT2D eigenvalue weighted by atomic mass is 32.2. The van der Waals surface area contributed by atoms with Gasteiger partial charge in [0.2, 0.25) is 10.0 Å². The first-order valence-electron chi connectivity index (χ1n) is 9.44. The normalized spacial score (nSPS) is 15.2. The third-order valence-corrected chi connectivity index (χ3v) is 6.57. The molecule has 0 spiro atoms. The SMILES string of the molecule is Cc1cccc(OCCOC(=O)c2ccccc2S(=O)(=O)N2CCCCC2)c1. The topological polar surface area (TPSA) is 72.9 Å². The summed E-state index contributed by atoms with van der Waals surface area (Å²) < 4.78 is 38.2. The van der Waals surface area contributed by atoms with Gasteiger partial charge >= 0.3 is 5.97 Å². The van der Waals surface area contributed by atoms with Gasteiger partial charge in [-0.3, -0.25) is 0 Å². The third-order valence-electron chi connectivity index (χ3n) is 4.61. The number of carbonyl (C=O) groups is 1. The average Bonchev–Trinajstić information content (AvgIpc) is 2.72. The summed E-state index contributed by atoms with van der Waals surface area (Å²) in [7, 11) is -3.71. The second kappa shape index (κ2) is 9.21. The van der Waals surface area contributed by atoms with E-state index in [0.29, 0.717) is 18.8 Å². The van der Waals surface area contributed by atoms with Crippen molar-refractivity contribution in [2.45, 2.75) is 31.1 Å². The monoisotopic (exact) mass is 403 g/mol. The number of rotatable bonds is 7. The van der Waals surface area contributed by atoms with Gasteiger partial charge in [0.05, 0.1) is 10.5 Å². The molecule has 2 aromatic rings. The molecule has 3 rings (SSSR count). The van der Waals surface area contributed by atoms with Crippen LogP contribution < -0.4 is 4.74 Å². The molecule has 6 nitrogen and oxygen atoms in total. The third kappa shape index (κ3) is 4.91. The highest BCUT2D eigenvalue weighted by Crippen LogP contribution is 2.24. The van der Waals surface area contributed by atoms with Crippen molar-refractivity contribution in [2.24, 2.45) is 0 Å². The van der Waals surface area contributed by atoms with Crippen LogP contribution in [0.2, 0.25) is 0 Å². The quantitative estimate of drug-likeness (QED) is 0.523. The molecule has 1 heterocycles. The molecule has 7 heteroatoms. The highest BCUT2D eigenvalue weighted by molar-refractivity contribution is 7.89. The summed E-state index contributed by atoms with van der Waals surface area (Å²) in [5.41, 5.74) is 1.13. The summed E-state index contributed by atoms with van der Waals surface area (Å²) in [4.78, 5) is 12.5. The van der Waals surface area contributed by atoms with E-state index in [1.165, 1.54) is 16.4 Å². The van der Waals surface area contributed by atoms with Gasteiger partial charge in [-0.15, -0.1) is 0 Å². The van der Waals surface area contributed by atoms with Gasteiger partial charge in [0, 0.05) is 13.1 Å². The van der Waals surface area contributed by atoms with Crippen molar-refractivity contribution in [1.29, 1.82) is 0 Å². The van der Waals surface area contributed by atoms with Crippen LogP contribution in [0.15, 0.2) is 53.4 Å². The number of sulfonamides is 1. The maximum Gasteiger partial charge on any atom is 0.339 e. The molecule has 0 atom stereocenters. The summed E-state index contributed by atoms with van der Waals surface area (Å²) in [5.74, 6) is 0.0353. The van der Waals surface area contributed by atoms with Crippen LogP contribution in [0.5, 0.6) is 5.75 Å². The predicted octanol–water partition coefficient (Wildman–Crippen LogP) is 3.41. The lowest BCUT2D eigenvalue weighted by atomic mass is 10.2. The molecule has 28 heavy (non-hydrogen) atoms. The molecule has 0 bridgehead atoms. The van der Waals surface area contributed by atoms with E-state index in [1.54, 1.807) is 12.1 Å². The Morgan fingerprint density at radius 2 is 1.75 bits per heavy atom. The number of piperidine rings is 1. The zero-order valence-corrected chi connectivity index (χ0v) is 16.8. The van der Waals surface area contributed by atoms with Gasteiger partial charge in [-0.05, 0) is 49.6 Å². The fourth-order valence-electron chi connectivity index (χ4n) is 3.18. The summed E-state index contributed by atoms with van der Waals surface area (Å²) >= 11 is 0. The molecule has 0 amide bonds. The molecule has 2 aromatic carbocycles. The molecule has 150 valence electrons. The number of hydrogen-bond donors (Lipinski definition) is 0. The lowest BCUT2D eigenvalue weighted by Crippen LogP contribution is -2.36. The minimum absolute atomic E-state index is 0.00139. The second-order valence-electron chi connectivity index (χ2n) is 6.76. The van der Waals surface area contributed by atoms with E-state index in [9.17, 15) is 13.2 Å². The predicted molar refractivity (Wildman–Crippen MR) is 106 cm³/mol. The van der Waals surface area contributed by atoms with Crippen LogP contribution in [-0.4, -0.2) is 45.0 Å². The van der Waals surface area contributed by atoms with Crippen LogP contribution in [0.4, 0.5) is 0 Å². The average molecular weight is 404 g/mol. The van der Waals surface area contributed by atoms with Gasteiger partial charge in [0.25, 0.3) is 0 Å². The lowest BCUT2D eigenvalue weighted by molar-refractivity contribution is 0.0445. The number of aryl methyl sites for hydroxylation is 1. The van der Waals surface area contributed by atoms with Gasteiger partial charge in [-0.2, -0.15) is 4.31 Å². The van der Waals surface area contributed by atoms with Gasteiger partial charge < -0.3 is 9.47 Å². The highest BCUT2D eigenvalue weighted by Gasteiger charge is 2.30. The Kier molecular flexibility index (Phi) is 6.70. The standard InChI is InChI=1S/C21H25NO5S/c1-17-8-7-9-18(16-17)26-14-15-27-21(23)19-10-3-4-11-20(19)28(24,25)22-12-5-2-6-13-22/h3-4,7-11,16H,2,5-6,12-15H2,1H3. The van der Waals surface area contributed by atoms with Crippen LogP contribution in [-0.2, 0) is 14.8 Å². The molecule has 1 saturated heterocycles. The van der Waals surface area contributed by atoms with Crippen LogP contribution in [0.25, 0.3) is 0 Å². The fraction of sp³-hybridized carbons (Fsp3) is 0.381. The zero-order chi connectivity index (χ0) is 20.0. The van der Waals surface area contributed by atoms with Crippen molar-refractivity contribution >= 4 is 16.0 Å². The molecule has 0 unspecified atom stereocenters. The van der Waals surface area contributed by atoms with E-state index in [1.807, 2.05) is 31.2 Å². The maximum atomic E-state index is 13.0. The largest absolute Gasteiger partial charge is 0.490 e. The molecule has 1 aliphatic rings. The summed E-state index contributed by atoms with van der Waals surface area (Å²) in [6, 6.07) is 13.8. The molecule has 1 fully saturated rings. The Labute approximate surface area is 166 Å². The second-order valence-corrected chi connectivity index (χ2v) is 8.67. The summed E-state index contributed by atoms with van der Waals surface area (Å²) in [6.07, 6.45) is 2.70. The van der Waals surface area contributed by atoms with Crippen LogP contribution in [0.1, 0.15) is 35.2 Å². The molecule has 0 saturated carbocycles. The molecular weight excluding hydrogens is 378 g/mol. The van der Waals surface area contributed by atoms with Gasteiger partial charge in [0.15, 0.2) is 0 Å². The smallest absolute Gasteiger partial charge is 0.339 e. The first-order valence-corrected chi connectivity index (χ1v) is 10.9. The van der Waals surface area contributed by atoms with Crippen molar-refractivity contribution in [2.75, 3.05) is 26.3 Å².